The first-order valence-electron chi connectivity index (χ1n) is 10.1. The van der Waals surface area contributed by atoms with Gasteiger partial charge in [-0.25, -0.2) is 12.8 Å². The molecular weight excluding hydrogens is 449 g/mol. The zero-order valence-corrected chi connectivity index (χ0v) is 18.4. The average molecular weight is 469 g/mol. The number of rotatable bonds is 7. The number of pyridine rings is 1. The minimum atomic E-state index is -4.05. The molecule has 33 heavy (non-hydrogen) atoms. The van der Waals surface area contributed by atoms with Crippen LogP contribution in [-0.2, 0) is 16.6 Å². The van der Waals surface area contributed by atoms with E-state index in [0.717, 1.165) is 4.31 Å². The van der Waals surface area contributed by atoms with Crippen LogP contribution in [0, 0.1) is 5.82 Å². The molecule has 0 atom stereocenters. The lowest BCUT2D eigenvalue weighted by molar-refractivity contribution is 0.0947. The fourth-order valence-electron chi connectivity index (χ4n) is 3.43. The van der Waals surface area contributed by atoms with E-state index in [1.807, 2.05) is 0 Å². The first kappa shape index (κ1) is 22.3. The van der Waals surface area contributed by atoms with E-state index in [1.54, 1.807) is 19.1 Å². The highest BCUT2D eigenvalue weighted by Gasteiger charge is 2.25. The zero-order chi connectivity index (χ0) is 23.6. The van der Waals surface area contributed by atoms with Crippen molar-refractivity contribution in [3.63, 3.8) is 0 Å². The Morgan fingerprint density at radius 3 is 2.58 bits per heavy atom. The van der Waals surface area contributed by atoms with E-state index in [-0.39, 0.29) is 28.9 Å². The molecule has 0 aliphatic rings. The number of nitrogens with zero attached hydrogens (tertiary/aromatic N) is 1. The SMILES string of the molecule is CCN(c1ccc(F)cc1)S(=O)(=O)c1ccc2[nH]cc(C(=O)NCc3ccco3)c(=O)c2c1. The number of furan rings is 1. The summed E-state index contributed by atoms with van der Waals surface area (Å²) in [5.41, 5.74) is -0.0950. The highest BCUT2D eigenvalue weighted by molar-refractivity contribution is 7.92. The molecule has 1 amide bonds. The summed E-state index contributed by atoms with van der Waals surface area (Å²) in [5.74, 6) is -0.582. The first-order chi connectivity index (χ1) is 15.8. The summed E-state index contributed by atoms with van der Waals surface area (Å²) in [6.45, 7) is 1.84. The molecule has 0 radical (unpaired) electrons. The Hall–Kier alpha value is -3.92. The summed E-state index contributed by atoms with van der Waals surface area (Å²) in [5, 5.41) is 2.65. The van der Waals surface area contributed by atoms with Crippen molar-refractivity contribution in [1.29, 1.82) is 0 Å². The van der Waals surface area contributed by atoms with E-state index in [4.69, 9.17) is 4.42 Å². The van der Waals surface area contributed by atoms with E-state index in [2.05, 4.69) is 10.3 Å². The van der Waals surface area contributed by atoms with Crippen LogP contribution in [0.5, 0.6) is 0 Å². The van der Waals surface area contributed by atoms with Gasteiger partial charge >= 0.3 is 0 Å². The number of sulfonamides is 1. The van der Waals surface area contributed by atoms with Crippen molar-refractivity contribution in [1.82, 2.24) is 10.3 Å². The number of nitrogens with one attached hydrogen (secondary N) is 2. The molecule has 0 unspecified atom stereocenters. The monoisotopic (exact) mass is 469 g/mol. The van der Waals surface area contributed by atoms with E-state index >= 15 is 0 Å². The van der Waals surface area contributed by atoms with E-state index < -0.39 is 27.2 Å². The van der Waals surface area contributed by atoms with Crippen LogP contribution in [0.3, 0.4) is 0 Å². The van der Waals surface area contributed by atoms with Crippen LogP contribution >= 0.6 is 0 Å². The smallest absolute Gasteiger partial charge is 0.264 e. The third-order valence-corrected chi connectivity index (χ3v) is 6.99. The van der Waals surface area contributed by atoms with E-state index in [0.29, 0.717) is 17.0 Å². The fraction of sp³-hybridized carbons (Fsp3) is 0.130. The second kappa shape index (κ2) is 8.91. The van der Waals surface area contributed by atoms with Crippen LogP contribution < -0.4 is 15.1 Å². The van der Waals surface area contributed by atoms with Gasteiger partial charge in [0.05, 0.1) is 23.4 Å². The number of aromatic amines is 1. The number of hydrogen-bond donors (Lipinski definition) is 2. The van der Waals surface area contributed by atoms with Crippen LogP contribution in [-0.4, -0.2) is 25.9 Å². The van der Waals surface area contributed by atoms with Gasteiger partial charge in [-0.2, -0.15) is 0 Å². The number of H-pyrrole nitrogens is 1. The van der Waals surface area contributed by atoms with Gasteiger partial charge < -0.3 is 14.7 Å². The molecule has 170 valence electrons. The summed E-state index contributed by atoms with van der Waals surface area (Å²) >= 11 is 0. The van der Waals surface area contributed by atoms with Crippen LogP contribution in [0.2, 0.25) is 0 Å². The third kappa shape index (κ3) is 4.37. The number of anilines is 1. The number of carbonyl (C=O) groups is 1. The van der Waals surface area contributed by atoms with Crippen LogP contribution in [0.4, 0.5) is 10.1 Å². The standard InChI is InChI=1S/C23H20FN3O5S/c1-2-27(16-7-5-15(24)6-8-16)33(30,31)18-9-10-21-19(12-18)22(28)20(14-25-21)23(29)26-13-17-4-3-11-32-17/h3-12,14H,2,13H2,1H3,(H,25,28)(H,26,29). The van der Waals surface area contributed by atoms with Gasteiger partial charge in [0.2, 0.25) is 5.43 Å². The zero-order valence-electron chi connectivity index (χ0n) is 17.5. The Morgan fingerprint density at radius 2 is 1.91 bits per heavy atom. The molecule has 2 aromatic carbocycles. The maximum atomic E-state index is 13.3. The summed E-state index contributed by atoms with van der Waals surface area (Å²) < 4.78 is 46.1. The molecule has 0 saturated heterocycles. The molecule has 2 N–H and O–H groups in total. The summed E-state index contributed by atoms with van der Waals surface area (Å²) in [7, 11) is -4.05. The Labute approximate surface area is 188 Å². The summed E-state index contributed by atoms with van der Waals surface area (Å²) in [6.07, 6.45) is 2.75. The lowest BCUT2D eigenvalue weighted by atomic mass is 10.1. The van der Waals surface area contributed by atoms with Crippen molar-refractivity contribution in [3.05, 3.63) is 94.4 Å². The maximum absolute atomic E-state index is 13.3. The van der Waals surface area contributed by atoms with Crippen molar-refractivity contribution in [2.24, 2.45) is 0 Å². The molecule has 0 bridgehead atoms. The third-order valence-electron chi connectivity index (χ3n) is 5.09. The number of halogens is 1. The molecule has 4 aromatic rings. The van der Waals surface area contributed by atoms with Crippen molar-refractivity contribution < 1.29 is 22.0 Å². The largest absolute Gasteiger partial charge is 0.467 e. The van der Waals surface area contributed by atoms with Crippen molar-refractivity contribution in [3.8, 4) is 0 Å². The lowest BCUT2D eigenvalue weighted by Crippen LogP contribution is -2.31. The molecule has 8 nitrogen and oxygen atoms in total. The molecule has 0 aliphatic heterocycles. The second-order valence-corrected chi connectivity index (χ2v) is 9.01. The molecule has 4 rings (SSSR count). The van der Waals surface area contributed by atoms with Crippen molar-refractivity contribution in [2.75, 3.05) is 10.8 Å². The molecule has 0 spiro atoms. The number of hydrogen-bond acceptors (Lipinski definition) is 5. The van der Waals surface area contributed by atoms with Crippen molar-refractivity contribution in [2.45, 2.75) is 18.4 Å². The molecule has 2 aromatic heterocycles. The highest BCUT2D eigenvalue weighted by atomic mass is 32.2. The van der Waals surface area contributed by atoms with E-state index in [1.165, 1.54) is 54.9 Å². The summed E-state index contributed by atoms with van der Waals surface area (Å²) in [4.78, 5) is 28.3. The second-order valence-electron chi connectivity index (χ2n) is 7.15. The normalized spacial score (nSPS) is 11.5. The molecule has 0 saturated carbocycles. The van der Waals surface area contributed by atoms with Gasteiger partial charge in [-0.05, 0) is 61.5 Å². The van der Waals surface area contributed by atoms with Crippen LogP contribution in [0.25, 0.3) is 10.9 Å². The number of fused-ring (bicyclic) bond motifs is 1. The minimum Gasteiger partial charge on any atom is -0.467 e. The Morgan fingerprint density at radius 1 is 1.15 bits per heavy atom. The topological polar surface area (TPSA) is 112 Å². The van der Waals surface area contributed by atoms with Gasteiger partial charge in [0.15, 0.2) is 0 Å². The molecule has 2 heterocycles. The van der Waals surface area contributed by atoms with Gasteiger partial charge in [-0.1, -0.05) is 0 Å². The van der Waals surface area contributed by atoms with Gasteiger partial charge in [-0.3, -0.25) is 13.9 Å². The quantitative estimate of drug-likeness (QED) is 0.431. The predicted molar refractivity (Wildman–Crippen MR) is 121 cm³/mol. The van der Waals surface area contributed by atoms with Crippen LogP contribution in [0.15, 0.2) is 81.2 Å². The fourth-order valence-corrected chi connectivity index (χ4v) is 4.93. The molecule has 10 heteroatoms. The Kier molecular flexibility index (Phi) is 6.01. The van der Waals surface area contributed by atoms with Crippen LogP contribution in [0.1, 0.15) is 23.0 Å². The van der Waals surface area contributed by atoms with E-state index in [9.17, 15) is 22.4 Å². The maximum Gasteiger partial charge on any atom is 0.264 e. The average Bonchev–Trinajstić information content (AvgIpc) is 3.33. The number of benzene rings is 2. The minimum absolute atomic E-state index is 0.0527. The highest BCUT2D eigenvalue weighted by Crippen LogP contribution is 2.25. The number of aromatic nitrogens is 1. The molecule has 0 aliphatic carbocycles. The first-order valence-corrected chi connectivity index (χ1v) is 11.5. The Balaban J connectivity index is 1.70. The number of amides is 1. The lowest BCUT2D eigenvalue weighted by Gasteiger charge is -2.23. The molecule has 0 fully saturated rings. The number of carbonyl (C=O) groups excluding carboxylic acids is 1. The Bertz CT molecular complexity index is 1460. The van der Waals surface area contributed by atoms with Gasteiger partial charge in [0, 0.05) is 23.6 Å². The van der Waals surface area contributed by atoms with Crippen molar-refractivity contribution >= 4 is 32.5 Å². The predicted octanol–water partition coefficient (Wildman–Crippen LogP) is 3.41. The molecular formula is C23H20FN3O5S. The van der Waals surface area contributed by atoms with Gasteiger partial charge in [0.1, 0.15) is 17.1 Å². The van der Waals surface area contributed by atoms with Gasteiger partial charge in [0.25, 0.3) is 15.9 Å². The summed E-state index contributed by atoms with van der Waals surface area (Å²) in [6, 6.07) is 12.5. The van der Waals surface area contributed by atoms with Gasteiger partial charge in [-0.15, -0.1) is 0 Å².